The van der Waals surface area contributed by atoms with E-state index >= 15 is 0 Å². The Morgan fingerprint density at radius 2 is 1.28 bits per heavy atom. The van der Waals surface area contributed by atoms with Crippen LogP contribution in [0, 0.1) is 26.1 Å². The summed E-state index contributed by atoms with van der Waals surface area (Å²) in [5, 5.41) is 27.4. The van der Waals surface area contributed by atoms with Crippen LogP contribution in [-0.2, 0) is 0 Å². The zero-order valence-electron chi connectivity index (χ0n) is 17.4. The van der Waals surface area contributed by atoms with Crippen LogP contribution >= 0.6 is 0 Å². The Labute approximate surface area is 184 Å². The first-order chi connectivity index (χ1) is 15.3. The number of hydrogen-bond donors (Lipinski definition) is 2. The van der Waals surface area contributed by atoms with Crippen LogP contribution in [-0.4, -0.2) is 34.2 Å². The Morgan fingerprint density at radius 3 is 1.75 bits per heavy atom. The lowest BCUT2D eigenvalue weighted by molar-refractivity contribution is -0.385. The van der Waals surface area contributed by atoms with Gasteiger partial charge in [0.05, 0.1) is 9.85 Å². The third-order valence-electron chi connectivity index (χ3n) is 5.70. The van der Waals surface area contributed by atoms with E-state index in [1.807, 2.05) is 0 Å². The van der Waals surface area contributed by atoms with Gasteiger partial charge in [0.1, 0.15) is 0 Å². The summed E-state index contributed by atoms with van der Waals surface area (Å²) in [6, 6.07) is 10.4. The van der Waals surface area contributed by atoms with Gasteiger partial charge in [-0.05, 0) is 43.0 Å². The van der Waals surface area contributed by atoms with E-state index in [0.29, 0.717) is 11.1 Å². The zero-order valence-corrected chi connectivity index (χ0v) is 17.4. The molecule has 1 aliphatic carbocycles. The highest BCUT2D eigenvalue weighted by Gasteiger charge is 2.26. The Bertz CT molecular complexity index is 984. The van der Waals surface area contributed by atoms with Crippen molar-refractivity contribution in [1.29, 1.82) is 0 Å². The Balaban J connectivity index is 1.67. The normalized spacial score (nSPS) is 14.9. The summed E-state index contributed by atoms with van der Waals surface area (Å²) in [5.74, 6) is -0.548. The highest BCUT2D eigenvalue weighted by Crippen LogP contribution is 2.27. The summed E-state index contributed by atoms with van der Waals surface area (Å²) in [6.45, 7) is 0.208. The van der Waals surface area contributed by atoms with E-state index < -0.39 is 9.85 Å². The summed E-state index contributed by atoms with van der Waals surface area (Å²) in [5.41, 5.74) is 0.399. The van der Waals surface area contributed by atoms with Gasteiger partial charge in [-0.25, -0.2) is 0 Å². The molecule has 2 N–H and O–H groups in total. The van der Waals surface area contributed by atoms with Crippen LogP contribution in [0.2, 0.25) is 0 Å². The molecule has 10 nitrogen and oxygen atoms in total. The van der Waals surface area contributed by atoms with Gasteiger partial charge in [0.15, 0.2) is 0 Å². The van der Waals surface area contributed by atoms with Crippen LogP contribution in [0.25, 0.3) is 0 Å². The molecule has 0 aliphatic heterocycles. The number of hydrogen-bond acceptors (Lipinski definition) is 6. The second-order valence-electron chi connectivity index (χ2n) is 7.80. The number of carbonyl (C=O) groups is 2. The number of nitro groups is 2. The van der Waals surface area contributed by atoms with Gasteiger partial charge in [0.2, 0.25) is 0 Å². The van der Waals surface area contributed by atoms with Crippen molar-refractivity contribution in [2.24, 2.45) is 5.92 Å². The van der Waals surface area contributed by atoms with Crippen LogP contribution in [0.4, 0.5) is 11.4 Å². The van der Waals surface area contributed by atoms with Gasteiger partial charge >= 0.3 is 0 Å². The van der Waals surface area contributed by atoms with Crippen molar-refractivity contribution in [2.45, 2.75) is 38.1 Å². The minimum Gasteiger partial charge on any atom is -0.350 e. The van der Waals surface area contributed by atoms with Gasteiger partial charge in [0.25, 0.3) is 23.2 Å². The van der Waals surface area contributed by atoms with Crippen LogP contribution in [0.1, 0.15) is 52.8 Å². The van der Waals surface area contributed by atoms with Gasteiger partial charge in [-0.2, -0.15) is 0 Å². The maximum atomic E-state index is 12.7. The molecule has 0 heterocycles. The number of rotatable bonds is 8. The van der Waals surface area contributed by atoms with Gasteiger partial charge in [0, 0.05) is 48.0 Å². The molecule has 0 saturated heterocycles. The standard InChI is InChI=1S/C22H24N4O6/c27-21(16-6-10-18(11-7-16)25(29)30)23-14-20(15-4-2-1-3-5-15)24-22(28)17-8-12-19(13-9-17)26(31)32/h6-13,15,20H,1-5,14H2,(H,23,27)(H,24,28). The first-order valence-electron chi connectivity index (χ1n) is 10.4. The van der Waals surface area contributed by atoms with Gasteiger partial charge in [-0.1, -0.05) is 19.3 Å². The number of non-ortho nitro benzene ring substituents is 2. The highest BCUT2D eigenvalue weighted by atomic mass is 16.6. The summed E-state index contributed by atoms with van der Waals surface area (Å²) in [7, 11) is 0. The quantitative estimate of drug-likeness (QED) is 0.474. The molecule has 0 bridgehead atoms. The number of carbonyl (C=O) groups excluding carboxylic acids is 2. The number of benzene rings is 2. The van der Waals surface area contributed by atoms with E-state index in [4.69, 9.17) is 0 Å². The SMILES string of the molecule is O=C(NCC(NC(=O)c1ccc([N+](=O)[O-])cc1)C1CCCCC1)c1ccc([N+](=O)[O-])cc1. The topological polar surface area (TPSA) is 144 Å². The number of nitro benzene ring substituents is 2. The van der Waals surface area contributed by atoms with Gasteiger partial charge in [-0.15, -0.1) is 0 Å². The van der Waals surface area contributed by atoms with Gasteiger partial charge in [-0.3, -0.25) is 29.8 Å². The van der Waals surface area contributed by atoms with Crippen LogP contribution in [0.5, 0.6) is 0 Å². The molecular weight excluding hydrogens is 416 g/mol. The van der Waals surface area contributed by atoms with Crippen molar-refractivity contribution >= 4 is 23.2 Å². The maximum absolute atomic E-state index is 12.7. The molecule has 1 unspecified atom stereocenters. The molecule has 1 atom stereocenters. The van der Waals surface area contributed by atoms with Crippen molar-refractivity contribution in [3.63, 3.8) is 0 Å². The minimum atomic E-state index is -0.533. The van der Waals surface area contributed by atoms with Crippen molar-refractivity contribution in [2.75, 3.05) is 6.54 Å². The molecule has 1 fully saturated rings. The van der Waals surface area contributed by atoms with E-state index in [1.165, 1.54) is 48.5 Å². The molecule has 168 valence electrons. The molecule has 0 aromatic heterocycles. The average Bonchev–Trinajstić information content (AvgIpc) is 2.82. The van der Waals surface area contributed by atoms with Gasteiger partial charge < -0.3 is 10.6 Å². The maximum Gasteiger partial charge on any atom is 0.269 e. The molecule has 1 saturated carbocycles. The molecule has 2 amide bonds. The second kappa shape index (κ2) is 10.5. The Kier molecular flexibility index (Phi) is 7.48. The Hall–Kier alpha value is -3.82. The molecule has 32 heavy (non-hydrogen) atoms. The summed E-state index contributed by atoms with van der Waals surface area (Å²) >= 11 is 0. The number of nitrogens with zero attached hydrogens (tertiary/aromatic N) is 2. The molecule has 1 aliphatic rings. The number of nitrogens with one attached hydrogen (secondary N) is 2. The summed E-state index contributed by atoms with van der Waals surface area (Å²) < 4.78 is 0. The molecule has 2 aromatic rings. The van der Waals surface area contributed by atoms with E-state index in [-0.39, 0.29) is 41.7 Å². The summed E-state index contributed by atoms with van der Waals surface area (Å²) in [6.07, 6.45) is 5.08. The van der Waals surface area contributed by atoms with Crippen LogP contribution in [0.3, 0.4) is 0 Å². The lowest BCUT2D eigenvalue weighted by Crippen LogP contribution is -2.48. The van der Waals surface area contributed by atoms with Crippen molar-refractivity contribution in [3.8, 4) is 0 Å². The average molecular weight is 440 g/mol. The highest BCUT2D eigenvalue weighted by molar-refractivity contribution is 5.95. The monoisotopic (exact) mass is 440 g/mol. The Morgan fingerprint density at radius 1 is 0.812 bits per heavy atom. The molecule has 3 rings (SSSR count). The van der Waals surface area contributed by atoms with E-state index in [9.17, 15) is 29.8 Å². The zero-order chi connectivity index (χ0) is 23.1. The van der Waals surface area contributed by atoms with E-state index in [1.54, 1.807) is 0 Å². The predicted molar refractivity (Wildman–Crippen MR) is 116 cm³/mol. The van der Waals surface area contributed by atoms with Crippen LogP contribution in [0.15, 0.2) is 48.5 Å². The molecular formula is C22H24N4O6. The second-order valence-corrected chi connectivity index (χ2v) is 7.80. The first kappa shape index (κ1) is 22.9. The van der Waals surface area contributed by atoms with E-state index in [2.05, 4.69) is 10.6 Å². The van der Waals surface area contributed by atoms with Crippen LogP contribution < -0.4 is 10.6 Å². The smallest absolute Gasteiger partial charge is 0.269 e. The predicted octanol–water partition coefficient (Wildman–Crippen LogP) is 3.61. The largest absolute Gasteiger partial charge is 0.350 e. The molecule has 0 radical (unpaired) electrons. The van der Waals surface area contributed by atoms with Crippen molar-refractivity contribution in [1.82, 2.24) is 10.6 Å². The fourth-order valence-electron chi connectivity index (χ4n) is 3.90. The molecule has 0 spiro atoms. The van der Waals surface area contributed by atoms with Crippen molar-refractivity contribution < 1.29 is 19.4 Å². The first-order valence-corrected chi connectivity index (χ1v) is 10.4. The third-order valence-corrected chi connectivity index (χ3v) is 5.70. The fourth-order valence-corrected chi connectivity index (χ4v) is 3.90. The summed E-state index contributed by atoms with van der Waals surface area (Å²) in [4.78, 5) is 45.8. The van der Waals surface area contributed by atoms with Crippen molar-refractivity contribution in [3.05, 3.63) is 79.9 Å². The third kappa shape index (κ3) is 5.87. The molecule has 2 aromatic carbocycles. The number of amides is 2. The van der Waals surface area contributed by atoms with E-state index in [0.717, 1.165) is 32.1 Å². The molecule has 10 heteroatoms. The fraction of sp³-hybridized carbons (Fsp3) is 0.364. The minimum absolute atomic E-state index is 0.0965. The lowest BCUT2D eigenvalue weighted by atomic mass is 9.83. The lowest BCUT2D eigenvalue weighted by Gasteiger charge is -2.31.